The van der Waals surface area contributed by atoms with Crippen LogP contribution in [0, 0.1) is 0 Å². The summed E-state index contributed by atoms with van der Waals surface area (Å²) in [6.45, 7) is 12.6. The number of hydrogen-bond donors (Lipinski definition) is 1. The molecule has 0 saturated carbocycles. The average molecular weight is 1070 g/mol. The fourth-order valence-electron chi connectivity index (χ4n) is 3.41. The van der Waals surface area contributed by atoms with Crippen molar-refractivity contribution in [3.05, 3.63) is 0 Å². The molecule has 3 heterocycles. The van der Waals surface area contributed by atoms with Crippen LogP contribution in [0.2, 0.25) is 37.8 Å². The van der Waals surface area contributed by atoms with Crippen LogP contribution in [-0.2, 0) is 141 Å². The van der Waals surface area contributed by atoms with Gasteiger partial charge in [0.15, 0.2) is 0 Å². The molecule has 9 radical (unpaired) electrons. The summed E-state index contributed by atoms with van der Waals surface area (Å²) in [6.07, 6.45) is 3.63. The Labute approximate surface area is 400 Å². The van der Waals surface area contributed by atoms with Gasteiger partial charge in [0.2, 0.25) is 0 Å². The molecule has 20 nitrogen and oxygen atoms in total. The number of hydrogen-bond acceptors (Lipinski definition) is 11. The molecule has 0 aromatic rings. The Morgan fingerprint density at radius 2 is 0.780 bits per heavy atom. The molecule has 29 heteroatoms. The SMILES string of the molecule is C[Si](CCCOCC1CO1)([O][Al])O[Si](C)(CCCOCC1CO1)[O][Al].C[Si](O)(CCCOCC1CO1)[O][Al].O.O.O.O.O.O.O.O.O.[Y].[Y].[Y]. The van der Waals surface area contributed by atoms with Gasteiger partial charge in [-0.05, 0) is 57.0 Å². The summed E-state index contributed by atoms with van der Waals surface area (Å²) in [7, 11) is -6.99. The van der Waals surface area contributed by atoms with Crippen LogP contribution in [-0.4, -0.2) is 207 Å². The first-order valence-corrected chi connectivity index (χ1v) is 22.3. The fourth-order valence-corrected chi connectivity index (χ4v) is 12.9. The van der Waals surface area contributed by atoms with Gasteiger partial charge in [-0.3, -0.25) is 0 Å². The van der Waals surface area contributed by atoms with E-state index in [0.717, 1.165) is 51.2 Å². The van der Waals surface area contributed by atoms with Crippen LogP contribution in [0.4, 0.5) is 0 Å². The minimum absolute atomic E-state index is 0. The third-order valence-corrected chi connectivity index (χ3v) is 19.4. The maximum absolute atomic E-state index is 9.56. The molecule has 0 aliphatic carbocycles. The van der Waals surface area contributed by atoms with Crippen LogP contribution in [0.25, 0.3) is 0 Å². The molecule has 3 aliphatic rings. The Hall–Kier alpha value is 4.76. The molecule has 0 spiro atoms. The maximum Gasteiger partial charge on any atom is 0.356 e. The van der Waals surface area contributed by atoms with Gasteiger partial charge in [0, 0.05) is 118 Å². The molecule has 6 unspecified atom stereocenters. The smallest absolute Gasteiger partial charge is 0.356 e. The van der Waals surface area contributed by atoms with Crippen molar-refractivity contribution in [1.29, 1.82) is 0 Å². The molecule has 3 fully saturated rings. The predicted molar refractivity (Wildman–Crippen MR) is 181 cm³/mol. The summed E-state index contributed by atoms with van der Waals surface area (Å²) in [4.78, 5) is 9.56. The van der Waals surface area contributed by atoms with Crippen LogP contribution in [0.1, 0.15) is 19.3 Å². The Morgan fingerprint density at radius 3 is 1.00 bits per heavy atom. The van der Waals surface area contributed by atoms with Crippen LogP contribution >= 0.6 is 0 Å². The van der Waals surface area contributed by atoms with E-state index in [0.29, 0.717) is 64.0 Å². The van der Waals surface area contributed by atoms with E-state index in [1.807, 2.05) is 0 Å². The second-order valence-corrected chi connectivity index (χ2v) is 22.3. The second-order valence-electron chi connectivity index (χ2n) is 10.3. The van der Waals surface area contributed by atoms with Crippen LogP contribution in [0.3, 0.4) is 0 Å². The molecule has 3 rings (SSSR count). The van der Waals surface area contributed by atoms with Gasteiger partial charge in [0.05, 0.1) is 39.6 Å². The third kappa shape index (κ3) is 45.5. The summed E-state index contributed by atoms with van der Waals surface area (Å²) in [5.41, 5.74) is 0. The summed E-state index contributed by atoms with van der Waals surface area (Å²) in [5, 5.41) is 0. The first-order valence-electron chi connectivity index (χ1n) is 13.3. The van der Waals surface area contributed by atoms with Crippen molar-refractivity contribution in [2.24, 2.45) is 0 Å². The summed E-state index contributed by atoms with van der Waals surface area (Å²) in [5.74, 6) is 0. The molecule has 19 N–H and O–H groups in total. The van der Waals surface area contributed by atoms with Gasteiger partial charge < -0.3 is 97.1 Å². The molecule has 0 amide bonds. The molecule has 3 saturated heterocycles. The normalized spacial score (nSPS) is 20.0. The molecule has 295 valence electrons. The molecule has 6 atom stereocenters. The van der Waals surface area contributed by atoms with Gasteiger partial charge in [-0.2, -0.15) is 0 Å². The van der Waals surface area contributed by atoms with E-state index in [1.54, 1.807) is 6.55 Å². The average Bonchev–Trinajstić information content (AvgIpc) is 3.74. The van der Waals surface area contributed by atoms with E-state index in [9.17, 15) is 4.80 Å². The predicted octanol–water partition coefficient (Wildman–Crippen LogP) is -6.52. The molecular weight excluding hydrogens is 1000 g/mol. The minimum Gasteiger partial charge on any atom is -0.539 e. The molecule has 3 aliphatic heterocycles. The van der Waals surface area contributed by atoms with Crippen LogP contribution < -0.4 is 0 Å². The standard InChI is InChI=1S/C14H28O7Si2.C7H15O4Si.3Al.9H2O.3Y/c1-22(15,7-3-5-17-9-13-11-19-13)21-23(2,16)8-4-6-18-10-14-12-20-14;1-12(8,9)4-2-3-10-5-7-6-11-7;;;;;;;;;;;;;;;/h13-14H,3-12H2,1-2H3;7-8H,2-6H2,1H3;;;;9*1H2;;;/q-2;-1;3*+1;;;;;;;;;;;;. The van der Waals surface area contributed by atoms with Crippen molar-refractivity contribution in [3.63, 3.8) is 0 Å². The maximum atomic E-state index is 9.56. The summed E-state index contributed by atoms with van der Waals surface area (Å²) >= 11 is 6.87. The van der Waals surface area contributed by atoms with Crippen LogP contribution in [0.5, 0.6) is 0 Å². The first-order chi connectivity index (χ1) is 18.1. The van der Waals surface area contributed by atoms with Gasteiger partial charge in [-0.15, -0.1) is 0 Å². The van der Waals surface area contributed by atoms with Crippen LogP contribution in [0.15, 0.2) is 0 Å². The zero-order chi connectivity index (χ0) is 27.9. The van der Waals surface area contributed by atoms with Gasteiger partial charge in [0.25, 0.3) is 17.1 Å². The van der Waals surface area contributed by atoms with Gasteiger partial charge in [-0.1, -0.05) is 0 Å². The van der Waals surface area contributed by atoms with Crippen molar-refractivity contribution in [2.45, 2.75) is 75.3 Å². The molecule has 0 aromatic carbocycles. The Balaban J connectivity index is -0.0000000603. The Kier molecular flexibility index (Phi) is 76.8. The van der Waals surface area contributed by atoms with Crippen molar-refractivity contribution < 1.29 is 195 Å². The minimum atomic E-state index is -2.39. The van der Waals surface area contributed by atoms with E-state index >= 15 is 0 Å². The zero-order valence-corrected chi connectivity index (χ0v) is 44.3. The third-order valence-electron chi connectivity index (χ3n) is 6.07. The van der Waals surface area contributed by atoms with Crippen molar-refractivity contribution in [1.82, 2.24) is 0 Å². The van der Waals surface area contributed by atoms with E-state index in [2.05, 4.69) is 63.0 Å². The van der Waals surface area contributed by atoms with E-state index in [-0.39, 0.29) is 147 Å². The molecular formula is C21H61Al3O20Si3Y3. The van der Waals surface area contributed by atoms with Crippen molar-refractivity contribution in [3.8, 4) is 0 Å². The zero-order valence-electron chi connectivity index (χ0n) is 29.3. The van der Waals surface area contributed by atoms with Gasteiger partial charge in [-0.25, -0.2) is 0 Å². The molecule has 0 aromatic heterocycles. The monoisotopic (exact) mass is 1060 g/mol. The topological polar surface area (TPSA) is 406 Å². The summed E-state index contributed by atoms with van der Waals surface area (Å²) in [6, 6.07) is 2.45. The van der Waals surface area contributed by atoms with E-state index in [1.165, 1.54) is 0 Å². The van der Waals surface area contributed by atoms with E-state index < -0.39 is 25.7 Å². The number of epoxide rings is 3. The fraction of sp³-hybridized carbons (Fsp3) is 1.00. The Morgan fingerprint density at radius 1 is 0.520 bits per heavy atom. The second kappa shape index (κ2) is 46.4. The van der Waals surface area contributed by atoms with E-state index in [4.69, 9.17) is 43.0 Å². The number of rotatable bonds is 23. The van der Waals surface area contributed by atoms with Gasteiger partial charge in [0.1, 0.15) is 18.3 Å². The molecule has 50 heavy (non-hydrogen) atoms. The Bertz CT molecular complexity index is 632. The van der Waals surface area contributed by atoms with Gasteiger partial charge >= 0.3 is 58.4 Å². The largest absolute Gasteiger partial charge is 0.539 e. The molecule has 0 bridgehead atoms. The number of ether oxygens (including phenoxy) is 6. The van der Waals surface area contributed by atoms with Crippen molar-refractivity contribution >= 4 is 75.6 Å². The van der Waals surface area contributed by atoms with Crippen molar-refractivity contribution in [2.75, 3.05) is 59.5 Å². The quantitative estimate of drug-likeness (QED) is 0.0570. The first kappa shape index (κ1) is 82.6. The summed E-state index contributed by atoms with van der Waals surface area (Å²) < 4.78 is 54.5.